The first-order valence-corrected chi connectivity index (χ1v) is 8.88. The molecule has 13 heteroatoms. The fraction of sp³-hybridized carbons (Fsp3) is 0.385. The van der Waals surface area contributed by atoms with Crippen LogP contribution >= 0.6 is 0 Å². The van der Waals surface area contributed by atoms with Gasteiger partial charge in [-0.1, -0.05) is 0 Å². The number of hydrogen-bond acceptors (Lipinski definition) is 10. The van der Waals surface area contributed by atoms with Crippen molar-refractivity contribution >= 4 is 27.6 Å². The summed E-state index contributed by atoms with van der Waals surface area (Å²) in [5.74, 6) is 0.0203. The van der Waals surface area contributed by atoms with Crippen molar-refractivity contribution < 1.29 is 18.2 Å². The van der Waals surface area contributed by atoms with Crippen molar-refractivity contribution in [1.82, 2.24) is 9.79 Å². The van der Waals surface area contributed by atoms with Crippen LogP contribution in [0.5, 0.6) is 0 Å². The van der Waals surface area contributed by atoms with E-state index in [1.807, 2.05) is 0 Å². The van der Waals surface area contributed by atoms with Gasteiger partial charge in [-0.05, 0) is 26.0 Å². The van der Waals surface area contributed by atoms with Gasteiger partial charge in [0.25, 0.3) is 5.69 Å². The highest BCUT2D eigenvalue weighted by atomic mass is 32.2. The Labute approximate surface area is 149 Å². The lowest BCUT2D eigenvalue weighted by Gasteiger charge is -2.36. The van der Waals surface area contributed by atoms with Gasteiger partial charge in [0.2, 0.25) is 21.9 Å². The molecule has 1 aliphatic rings. The SMILES string of the molecule is CC1(C)N=C(N)N=C(N)N1OCCNS(=O)(=O)c1ccc([N+](=O)[O-])cc1. The molecule has 1 aromatic carbocycles. The summed E-state index contributed by atoms with van der Waals surface area (Å²) in [5, 5.41) is 11.8. The summed E-state index contributed by atoms with van der Waals surface area (Å²) < 4.78 is 26.6. The molecule has 5 N–H and O–H groups in total. The van der Waals surface area contributed by atoms with Gasteiger partial charge in [0.15, 0.2) is 5.66 Å². The minimum atomic E-state index is -3.84. The van der Waals surface area contributed by atoms with Gasteiger partial charge in [0.1, 0.15) is 0 Å². The van der Waals surface area contributed by atoms with Crippen molar-refractivity contribution in [2.45, 2.75) is 24.4 Å². The number of benzene rings is 1. The molecule has 2 rings (SSSR count). The molecule has 0 saturated heterocycles. The molecular weight excluding hydrogens is 366 g/mol. The maximum atomic E-state index is 12.2. The van der Waals surface area contributed by atoms with E-state index in [9.17, 15) is 18.5 Å². The van der Waals surface area contributed by atoms with Crippen LogP contribution in [0.4, 0.5) is 5.69 Å². The molecule has 0 bridgehead atoms. The number of nitrogens with two attached hydrogens (primary N) is 2. The molecule has 142 valence electrons. The summed E-state index contributed by atoms with van der Waals surface area (Å²) in [6, 6.07) is 4.52. The average Bonchev–Trinajstić information content (AvgIpc) is 2.52. The molecule has 0 fully saturated rings. The second kappa shape index (κ2) is 7.23. The lowest BCUT2D eigenvalue weighted by Crippen LogP contribution is -2.54. The third kappa shape index (κ3) is 4.44. The number of rotatable bonds is 7. The highest BCUT2D eigenvalue weighted by Gasteiger charge is 2.33. The van der Waals surface area contributed by atoms with Crippen molar-refractivity contribution in [3.63, 3.8) is 0 Å². The number of guanidine groups is 2. The topological polar surface area (TPSA) is 179 Å². The number of nitrogens with zero attached hydrogens (tertiary/aromatic N) is 4. The van der Waals surface area contributed by atoms with Gasteiger partial charge in [-0.2, -0.15) is 10.1 Å². The first-order chi connectivity index (χ1) is 12.0. The minimum absolute atomic E-state index is 0.000672. The average molecular weight is 385 g/mol. The maximum Gasteiger partial charge on any atom is 0.269 e. The minimum Gasteiger partial charge on any atom is -0.368 e. The van der Waals surface area contributed by atoms with E-state index < -0.39 is 20.6 Å². The van der Waals surface area contributed by atoms with Crippen LogP contribution in [0, 0.1) is 10.1 Å². The number of nitrogens with one attached hydrogen (secondary N) is 1. The number of hydroxylamine groups is 2. The molecule has 26 heavy (non-hydrogen) atoms. The van der Waals surface area contributed by atoms with E-state index in [-0.39, 0.29) is 35.7 Å². The Morgan fingerprint density at radius 2 is 1.92 bits per heavy atom. The quantitative estimate of drug-likeness (QED) is 0.319. The lowest BCUT2D eigenvalue weighted by molar-refractivity contribution is -0.384. The second-order valence-corrected chi connectivity index (χ2v) is 7.48. The van der Waals surface area contributed by atoms with Crippen LogP contribution in [-0.2, 0) is 14.9 Å². The largest absolute Gasteiger partial charge is 0.368 e. The van der Waals surface area contributed by atoms with Crippen molar-refractivity contribution in [2.24, 2.45) is 21.5 Å². The van der Waals surface area contributed by atoms with Gasteiger partial charge in [0, 0.05) is 18.7 Å². The van der Waals surface area contributed by atoms with Gasteiger partial charge >= 0.3 is 0 Å². The Kier molecular flexibility index (Phi) is 5.44. The van der Waals surface area contributed by atoms with Crippen LogP contribution in [-0.4, -0.2) is 49.1 Å². The molecule has 0 aromatic heterocycles. The standard InChI is InChI=1S/C13H19N7O5S/c1-13(2)18-11(14)17-12(15)19(13)25-8-7-16-26(23,24)10-5-3-9(4-6-10)20(21)22/h3-6,16H,7-8H2,1-2H3,(H4,14,15,17,18). The fourth-order valence-corrected chi connectivity index (χ4v) is 3.17. The monoisotopic (exact) mass is 385 g/mol. The van der Waals surface area contributed by atoms with E-state index in [0.29, 0.717) is 0 Å². The third-order valence-corrected chi connectivity index (χ3v) is 4.77. The Morgan fingerprint density at radius 3 is 2.46 bits per heavy atom. The molecule has 0 unspecified atom stereocenters. The van der Waals surface area contributed by atoms with Gasteiger partial charge in [0.05, 0.1) is 16.4 Å². The van der Waals surface area contributed by atoms with Crippen LogP contribution in [0.1, 0.15) is 13.8 Å². The zero-order chi connectivity index (χ0) is 19.5. The van der Waals surface area contributed by atoms with Gasteiger partial charge in [-0.25, -0.2) is 18.1 Å². The molecule has 0 amide bonds. The second-order valence-electron chi connectivity index (χ2n) is 5.71. The lowest BCUT2D eigenvalue weighted by atomic mass is 10.2. The normalized spacial score (nSPS) is 16.8. The van der Waals surface area contributed by atoms with Crippen LogP contribution < -0.4 is 16.2 Å². The summed E-state index contributed by atoms with van der Waals surface area (Å²) in [6.45, 7) is 3.27. The molecule has 0 radical (unpaired) electrons. The van der Waals surface area contributed by atoms with E-state index in [4.69, 9.17) is 16.3 Å². The van der Waals surface area contributed by atoms with Gasteiger partial charge in [-0.3, -0.25) is 15.0 Å². The Bertz CT molecular complexity index is 848. The Morgan fingerprint density at radius 1 is 1.31 bits per heavy atom. The molecule has 0 spiro atoms. The van der Waals surface area contributed by atoms with Crippen LogP contribution in [0.3, 0.4) is 0 Å². The molecule has 1 heterocycles. The predicted molar refractivity (Wildman–Crippen MR) is 93.4 cm³/mol. The molecule has 1 aliphatic heterocycles. The predicted octanol–water partition coefficient (Wildman–Crippen LogP) is -0.514. The van der Waals surface area contributed by atoms with E-state index in [2.05, 4.69) is 14.7 Å². The van der Waals surface area contributed by atoms with Crippen molar-refractivity contribution in [1.29, 1.82) is 0 Å². The molecule has 12 nitrogen and oxygen atoms in total. The number of nitro benzene ring substituents is 1. The Balaban J connectivity index is 1.93. The first-order valence-electron chi connectivity index (χ1n) is 7.40. The van der Waals surface area contributed by atoms with Crippen molar-refractivity contribution in [2.75, 3.05) is 13.2 Å². The number of nitro groups is 1. The number of aliphatic imine (C=N–C) groups is 2. The van der Waals surface area contributed by atoms with E-state index in [1.165, 1.54) is 5.06 Å². The zero-order valence-electron chi connectivity index (χ0n) is 14.1. The van der Waals surface area contributed by atoms with E-state index in [0.717, 1.165) is 24.3 Å². The zero-order valence-corrected chi connectivity index (χ0v) is 14.9. The Hall–Kier alpha value is -2.77. The molecule has 1 aromatic rings. The smallest absolute Gasteiger partial charge is 0.269 e. The number of hydrogen-bond donors (Lipinski definition) is 3. The highest BCUT2D eigenvalue weighted by molar-refractivity contribution is 7.89. The summed E-state index contributed by atoms with van der Waals surface area (Å²) in [6.07, 6.45) is 0. The summed E-state index contributed by atoms with van der Waals surface area (Å²) >= 11 is 0. The number of non-ortho nitro benzene ring substituents is 1. The molecule has 0 atom stereocenters. The maximum absolute atomic E-state index is 12.2. The summed E-state index contributed by atoms with van der Waals surface area (Å²) in [7, 11) is -3.84. The molecule has 0 aliphatic carbocycles. The van der Waals surface area contributed by atoms with Crippen molar-refractivity contribution in [3.05, 3.63) is 34.4 Å². The van der Waals surface area contributed by atoms with E-state index >= 15 is 0 Å². The van der Waals surface area contributed by atoms with Crippen LogP contribution in [0.15, 0.2) is 39.1 Å². The van der Waals surface area contributed by atoms with Crippen LogP contribution in [0.25, 0.3) is 0 Å². The van der Waals surface area contributed by atoms with Crippen molar-refractivity contribution in [3.8, 4) is 0 Å². The first kappa shape index (κ1) is 19.6. The third-order valence-electron chi connectivity index (χ3n) is 3.29. The van der Waals surface area contributed by atoms with E-state index in [1.54, 1.807) is 13.8 Å². The highest BCUT2D eigenvalue weighted by Crippen LogP contribution is 2.19. The van der Waals surface area contributed by atoms with Gasteiger partial charge in [-0.15, -0.1) is 0 Å². The van der Waals surface area contributed by atoms with Crippen LogP contribution in [0.2, 0.25) is 0 Å². The summed E-state index contributed by atoms with van der Waals surface area (Å²) in [5.41, 5.74) is 10.2. The molecule has 0 saturated carbocycles. The molecular formula is C13H19N7O5S. The summed E-state index contributed by atoms with van der Waals surface area (Å²) in [4.78, 5) is 23.2. The number of sulfonamides is 1. The van der Waals surface area contributed by atoms with Gasteiger partial charge < -0.3 is 11.5 Å². The fourth-order valence-electron chi connectivity index (χ4n) is 2.16.